The summed E-state index contributed by atoms with van der Waals surface area (Å²) in [4.78, 5) is 0. The molecule has 1 aliphatic rings. The van der Waals surface area contributed by atoms with Crippen molar-refractivity contribution in [3.63, 3.8) is 0 Å². The standard InChI is InChI=1S/C15H23NOS/c1-12(2)9-17-8-7-16-15-11-18-10-13-5-3-4-6-14(13)15/h3-6,12,15-16H,7-11H2,1-2H3. The van der Waals surface area contributed by atoms with Crippen LogP contribution < -0.4 is 5.32 Å². The number of rotatable bonds is 6. The maximum absolute atomic E-state index is 5.60. The molecule has 0 fully saturated rings. The summed E-state index contributed by atoms with van der Waals surface area (Å²) in [5.41, 5.74) is 2.95. The summed E-state index contributed by atoms with van der Waals surface area (Å²) >= 11 is 2.01. The fourth-order valence-electron chi connectivity index (χ4n) is 2.18. The van der Waals surface area contributed by atoms with E-state index >= 15 is 0 Å². The van der Waals surface area contributed by atoms with Gasteiger partial charge >= 0.3 is 0 Å². The Bertz CT molecular complexity index is 367. The zero-order chi connectivity index (χ0) is 12.8. The van der Waals surface area contributed by atoms with Crippen LogP contribution in [0.2, 0.25) is 0 Å². The normalized spacial score (nSPS) is 18.9. The average molecular weight is 265 g/mol. The fraction of sp³-hybridized carbons (Fsp3) is 0.600. The predicted octanol–water partition coefficient (Wildman–Crippen LogP) is 3.24. The highest BCUT2D eigenvalue weighted by molar-refractivity contribution is 7.98. The molecule has 0 saturated carbocycles. The molecule has 1 unspecified atom stereocenters. The number of benzene rings is 1. The van der Waals surface area contributed by atoms with Crippen molar-refractivity contribution >= 4 is 11.8 Å². The molecule has 3 heteroatoms. The van der Waals surface area contributed by atoms with Crippen LogP contribution in [-0.4, -0.2) is 25.5 Å². The molecule has 0 amide bonds. The molecular formula is C15H23NOS. The summed E-state index contributed by atoms with van der Waals surface area (Å²) < 4.78 is 5.60. The smallest absolute Gasteiger partial charge is 0.0591 e. The minimum absolute atomic E-state index is 0.489. The lowest BCUT2D eigenvalue weighted by Crippen LogP contribution is -2.29. The van der Waals surface area contributed by atoms with E-state index in [1.807, 2.05) is 11.8 Å². The van der Waals surface area contributed by atoms with Gasteiger partial charge in [-0.3, -0.25) is 0 Å². The second-order valence-corrected chi connectivity index (χ2v) is 6.22. The van der Waals surface area contributed by atoms with Crippen molar-refractivity contribution in [2.45, 2.75) is 25.6 Å². The van der Waals surface area contributed by atoms with E-state index in [-0.39, 0.29) is 0 Å². The summed E-state index contributed by atoms with van der Waals surface area (Å²) in [7, 11) is 0. The van der Waals surface area contributed by atoms with Gasteiger partial charge in [-0.2, -0.15) is 11.8 Å². The van der Waals surface area contributed by atoms with Crippen LogP contribution in [0.1, 0.15) is 31.0 Å². The second kappa shape index (κ2) is 7.17. The SMILES string of the molecule is CC(C)COCCNC1CSCc2ccccc21. The average Bonchev–Trinajstić information content (AvgIpc) is 2.38. The molecule has 0 aromatic heterocycles. The van der Waals surface area contributed by atoms with Crippen LogP contribution in [0.25, 0.3) is 0 Å². The third-order valence-electron chi connectivity index (χ3n) is 3.06. The van der Waals surface area contributed by atoms with Crippen LogP contribution in [0, 0.1) is 5.92 Å². The first-order valence-corrected chi connectivity index (χ1v) is 7.89. The van der Waals surface area contributed by atoms with Crippen LogP contribution in [-0.2, 0) is 10.5 Å². The van der Waals surface area contributed by atoms with E-state index in [0.717, 1.165) is 25.5 Å². The summed E-state index contributed by atoms with van der Waals surface area (Å²) in [5.74, 6) is 2.94. The topological polar surface area (TPSA) is 21.3 Å². The molecule has 0 spiro atoms. The summed E-state index contributed by atoms with van der Waals surface area (Å²) in [6.45, 7) is 6.97. The maximum Gasteiger partial charge on any atom is 0.0591 e. The van der Waals surface area contributed by atoms with Gasteiger partial charge in [0.2, 0.25) is 0 Å². The molecule has 100 valence electrons. The van der Waals surface area contributed by atoms with Crippen LogP contribution >= 0.6 is 11.8 Å². The lowest BCUT2D eigenvalue weighted by molar-refractivity contribution is 0.110. The van der Waals surface area contributed by atoms with E-state index in [0.29, 0.717) is 12.0 Å². The molecule has 2 nitrogen and oxygen atoms in total. The summed E-state index contributed by atoms with van der Waals surface area (Å²) in [6.07, 6.45) is 0. The first kappa shape index (κ1) is 13.9. The van der Waals surface area contributed by atoms with Gasteiger partial charge in [-0.15, -0.1) is 0 Å². The quantitative estimate of drug-likeness (QED) is 0.798. The Morgan fingerprint density at radius 1 is 1.39 bits per heavy atom. The molecule has 0 bridgehead atoms. The van der Waals surface area contributed by atoms with Crippen molar-refractivity contribution in [3.05, 3.63) is 35.4 Å². The number of ether oxygens (including phenoxy) is 1. The second-order valence-electron chi connectivity index (χ2n) is 5.19. The van der Waals surface area contributed by atoms with E-state index in [1.165, 1.54) is 16.9 Å². The Hall–Kier alpha value is -0.510. The first-order chi connectivity index (χ1) is 8.77. The molecule has 1 heterocycles. The van der Waals surface area contributed by atoms with Crippen LogP contribution in [0.5, 0.6) is 0 Å². The molecule has 18 heavy (non-hydrogen) atoms. The zero-order valence-corrected chi connectivity index (χ0v) is 12.1. The van der Waals surface area contributed by atoms with Crippen LogP contribution in [0.3, 0.4) is 0 Å². The van der Waals surface area contributed by atoms with Crippen molar-refractivity contribution < 1.29 is 4.74 Å². The molecule has 0 aliphatic carbocycles. The van der Waals surface area contributed by atoms with Gasteiger partial charge in [-0.05, 0) is 17.0 Å². The minimum Gasteiger partial charge on any atom is -0.380 e. The van der Waals surface area contributed by atoms with Gasteiger partial charge in [-0.1, -0.05) is 38.1 Å². The Kier molecular flexibility index (Phi) is 5.54. The predicted molar refractivity (Wildman–Crippen MR) is 79.0 cm³/mol. The van der Waals surface area contributed by atoms with Crippen molar-refractivity contribution in [1.29, 1.82) is 0 Å². The molecule has 0 saturated heterocycles. The number of nitrogens with one attached hydrogen (secondary N) is 1. The van der Waals surface area contributed by atoms with Crippen LogP contribution in [0.15, 0.2) is 24.3 Å². The van der Waals surface area contributed by atoms with Gasteiger partial charge in [-0.25, -0.2) is 0 Å². The van der Waals surface area contributed by atoms with E-state index in [4.69, 9.17) is 4.74 Å². The van der Waals surface area contributed by atoms with Crippen molar-refractivity contribution in [2.75, 3.05) is 25.5 Å². The zero-order valence-electron chi connectivity index (χ0n) is 11.3. The highest BCUT2D eigenvalue weighted by atomic mass is 32.2. The maximum atomic E-state index is 5.60. The van der Waals surface area contributed by atoms with Gasteiger partial charge in [0.05, 0.1) is 6.61 Å². The Morgan fingerprint density at radius 2 is 2.22 bits per heavy atom. The van der Waals surface area contributed by atoms with Crippen LogP contribution in [0.4, 0.5) is 0 Å². The Labute approximate surface area is 114 Å². The molecule has 1 aliphatic heterocycles. The monoisotopic (exact) mass is 265 g/mol. The molecule has 0 radical (unpaired) electrons. The fourth-order valence-corrected chi connectivity index (χ4v) is 3.31. The number of hydrogen-bond donors (Lipinski definition) is 1. The molecular weight excluding hydrogens is 242 g/mol. The first-order valence-electron chi connectivity index (χ1n) is 6.74. The molecule has 1 aromatic rings. The van der Waals surface area contributed by atoms with E-state index < -0.39 is 0 Å². The molecule has 1 aromatic carbocycles. The highest BCUT2D eigenvalue weighted by Gasteiger charge is 2.18. The summed E-state index contributed by atoms with van der Waals surface area (Å²) in [5, 5.41) is 3.61. The van der Waals surface area contributed by atoms with Gasteiger partial charge in [0.25, 0.3) is 0 Å². The third kappa shape index (κ3) is 4.01. The van der Waals surface area contributed by atoms with E-state index in [9.17, 15) is 0 Å². The van der Waals surface area contributed by atoms with Gasteiger partial charge in [0.15, 0.2) is 0 Å². The largest absolute Gasteiger partial charge is 0.380 e. The number of thioether (sulfide) groups is 1. The van der Waals surface area contributed by atoms with Crippen molar-refractivity contribution in [2.24, 2.45) is 5.92 Å². The number of fused-ring (bicyclic) bond motifs is 1. The van der Waals surface area contributed by atoms with Crippen molar-refractivity contribution in [1.82, 2.24) is 5.32 Å². The van der Waals surface area contributed by atoms with E-state index in [2.05, 4.69) is 43.4 Å². The Morgan fingerprint density at radius 3 is 3.06 bits per heavy atom. The third-order valence-corrected chi connectivity index (χ3v) is 4.15. The molecule has 2 rings (SSSR count). The van der Waals surface area contributed by atoms with Gasteiger partial charge in [0.1, 0.15) is 0 Å². The molecule has 1 N–H and O–H groups in total. The lowest BCUT2D eigenvalue weighted by Gasteiger charge is -2.26. The van der Waals surface area contributed by atoms with E-state index in [1.54, 1.807) is 0 Å². The Balaban J connectivity index is 1.77. The van der Waals surface area contributed by atoms with Gasteiger partial charge in [0, 0.05) is 30.7 Å². The number of hydrogen-bond acceptors (Lipinski definition) is 3. The minimum atomic E-state index is 0.489. The lowest BCUT2D eigenvalue weighted by atomic mass is 10.0. The highest BCUT2D eigenvalue weighted by Crippen LogP contribution is 2.31. The summed E-state index contributed by atoms with van der Waals surface area (Å²) in [6, 6.07) is 9.25. The van der Waals surface area contributed by atoms with Gasteiger partial charge < -0.3 is 10.1 Å². The van der Waals surface area contributed by atoms with Crippen molar-refractivity contribution in [3.8, 4) is 0 Å². The molecule has 1 atom stereocenters.